The minimum atomic E-state index is -4.14. The predicted octanol–water partition coefficient (Wildman–Crippen LogP) is 5.98. The number of aryl methyl sites for hydroxylation is 2. The van der Waals surface area contributed by atoms with E-state index in [9.17, 15) is 26.4 Å². The molecular formula is C45H45N9O8S2. The van der Waals surface area contributed by atoms with Gasteiger partial charge in [0.15, 0.2) is 5.82 Å². The number of Topliss-reactive ketones (excluding diaryl/α,β-unsaturated/α-hetero) is 1. The van der Waals surface area contributed by atoms with Crippen LogP contribution in [-0.2, 0) is 24.8 Å². The monoisotopic (exact) mass is 903 g/mol. The lowest BCUT2D eigenvalue weighted by atomic mass is 10.1. The molecule has 0 aliphatic carbocycles. The molecule has 2 heterocycles. The van der Waals surface area contributed by atoms with Gasteiger partial charge in [-0.05, 0) is 98.6 Å². The lowest BCUT2D eigenvalue weighted by molar-refractivity contribution is -0.120. The van der Waals surface area contributed by atoms with Crippen LogP contribution in [-0.4, -0.2) is 94.4 Å². The second-order valence-electron chi connectivity index (χ2n) is 14.9. The third kappa shape index (κ3) is 10.5. The van der Waals surface area contributed by atoms with E-state index in [4.69, 9.17) is 19.5 Å². The van der Waals surface area contributed by atoms with Gasteiger partial charge in [-0.3, -0.25) is 14.3 Å². The summed E-state index contributed by atoms with van der Waals surface area (Å²) in [6, 6.07) is 31.1. The number of ether oxygens (including phenoxy) is 2. The number of rotatable bonds is 17. The van der Waals surface area contributed by atoms with E-state index in [1.807, 2.05) is 50.1 Å². The lowest BCUT2D eigenvalue weighted by Gasteiger charge is -2.20. The van der Waals surface area contributed by atoms with Gasteiger partial charge in [0.25, 0.3) is 15.9 Å². The third-order valence-corrected chi connectivity index (χ3v) is 12.1. The Morgan fingerprint density at radius 1 is 0.875 bits per heavy atom. The number of anilines is 3. The van der Waals surface area contributed by atoms with Gasteiger partial charge >= 0.3 is 0 Å². The molecular weight excluding hydrogens is 859 g/mol. The lowest BCUT2D eigenvalue weighted by Crippen LogP contribution is -2.40. The van der Waals surface area contributed by atoms with Crippen molar-refractivity contribution in [1.82, 2.24) is 19.6 Å². The first-order chi connectivity index (χ1) is 30.5. The van der Waals surface area contributed by atoms with E-state index < -0.39 is 37.8 Å². The molecule has 3 N–H and O–H groups in total. The fourth-order valence-electron chi connectivity index (χ4n) is 6.64. The Labute approximate surface area is 371 Å². The number of hydrogen-bond acceptors (Lipinski definition) is 13. The molecule has 1 atom stereocenters. The van der Waals surface area contributed by atoms with E-state index in [2.05, 4.69) is 25.0 Å². The summed E-state index contributed by atoms with van der Waals surface area (Å²) in [5.41, 5.74) is 5.81. The predicted molar refractivity (Wildman–Crippen MR) is 246 cm³/mol. The minimum absolute atomic E-state index is 0.0813. The van der Waals surface area contributed by atoms with Crippen LogP contribution in [0.1, 0.15) is 34.2 Å². The number of aromatic nitrogens is 3. The van der Waals surface area contributed by atoms with Crippen LogP contribution in [0.2, 0.25) is 0 Å². The highest BCUT2D eigenvalue weighted by molar-refractivity contribution is 7.92. The zero-order valence-corrected chi connectivity index (χ0v) is 37.4. The van der Waals surface area contributed by atoms with Crippen molar-refractivity contribution in [3.8, 4) is 22.9 Å². The Hall–Kier alpha value is -7.22. The van der Waals surface area contributed by atoms with Crippen molar-refractivity contribution < 1.29 is 35.9 Å². The fraction of sp³-hybridized carbons (Fsp3) is 0.200. The third-order valence-electron chi connectivity index (χ3n) is 9.96. The maximum absolute atomic E-state index is 13.6. The number of sulfonamides is 2. The van der Waals surface area contributed by atoms with Gasteiger partial charge in [0.1, 0.15) is 17.2 Å². The summed E-state index contributed by atoms with van der Waals surface area (Å²) in [5, 5.41) is 11.8. The van der Waals surface area contributed by atoms with Crippen LogP contribution in [0.5, 0.6) is 11.5 Å². The van der Waals surface area contributed by atoms with Crippen molar-refractivity contribution in [3.63, 3.8) is 0 Å². The van der Waals surface area contributed by atoms with Crippen LogP contribution in [0.15, 0.2) is 130 Å². The fourth-order valence-corrected chi connectivity index (χ4v) is 8.16. The van der Waals surface area contributed by atoms with Crippen molar-refractivity contribution in [1.29, 1.82) is 0 Å². The first-order valence-electron chi connectivity index (χ1n) is 19.8. The average molecular weight is 904 g/mol. The van der Waals surface area contributed by atoms with Crippen LogP contribution in [0.4, 0.5) is 22.7 Å². The summed E-state index contributed by atoms with van der Waals surface area (Å²) in [6.07, 6.45) is -0.502. The number of methoxy groups -OCH3 is 1. The maximum atomic E-state index is 13.6. The molecule has 1 amide bonds. The maximum Gasteiger partial charge on any atom is 0.273 e. The highest BCUT2D eigenvalue weighted by Gasteiger charge is 2.31. The van der Waals surface area contributed by atoms with Crippen molar-refractivity contribution in [2.24, 2.45) is 10.1 Å². The Bertz CT molecular complexity index is 3030. The number of amides is 1. The minimum Gasteiger partial charge on any atom is -0.495 e. The topological polar surface area (TPSA) is 216 Å². The number of benzene rings is 5. The van der Waals surface area contributed by atoms with Crippen LogP contribution in [0.3, 0.4) is 0 Å². The molecule has 0 saturated carbocycles. The molecule has 17 nitrogen and oxygen atoms in total. The van der Waals surface area contributed by atoms with E-state index in [0.29, 0.717) is 52.3 Å². The van der Waals surface area contributed by atoms with Crippen molar-refractivity contribution in [2.45, 2.75) is 31.8 Å². The number of hydrogen-bond donors (Lipinski definition) is 3. The molecule has 1 aromatic heterocycles. The molecule has 0 radical (unpaired) electrons. The summed E-state index contributed by atoms with van der Waals surface area (Å²) in [4.78, 5) is 40.1. The van der Waals surface area contributed by atoms with E-state index >= 15 is 0 Å². The first kappa shape index (κ1) is 44.8. The molecule has 330 valence electrons. The second-order valence-corrected chi connectivity index (χ2v) is 18.4. The van der Waals surface area contributed by atoms with Gasteiger partial charge in [-0.25, -0.2) is 31.5 Å². The van der Waals surface area contributed by atoms with E-state index in [1.54, 1.807) is 73.7 Å². The van der Waals surface area contributed by atoms with E-state index in [1.165, 1.54) is 36.2 Å². The normalized spacial score (nSPS) is 13.5. The van der Waals surface area contributed by atoms with Gasteiger partial charge in [-0.2, -0.15) is 5.10 Å². The number of ketones is 1. The number of fused-ring (bicyclic) bond motifs is 1. The van der Waals surface area contributed by atoms with Gasteiger partial charge in [0.05, 0.1) is 35.3 Å². The van der Waals surface area contributed by atoms with Crippen molar-refractivity contribution in [3.05, 3.63) is 138 Å². The summed E-state index contributed by atoms with van der Waals surface area (Å²) in [6.45, 7) is 6.32. The number of carbonyl (C=O) groups is 2. The van der Waals surface area contributed by atoms with Gasteiger partial charge in [-0.15, -0.1) is 9.89 Å². The summed E-state index contributed by atoms with van der Waals surface area (Å²) >= 11 is 0. The van der Waals surface area contributed by atoms with Crippen LogP contribution < -0.4 is 29.1 Å². The van der Waals surface area contributed by atoms with Gasteiger partial charge < -0.3 is 19.7 Å². The quantitative estimate of drug-likeness (QED) is 0.0715. The molecule has 1 aliphatic rings. The Balaban J connectivity index is 1.05. The number of nitrogens with zero attached hydrogens (tertiary/aromatic N) is 6. The molecule has 5 aromatic carbocycles. The smallest absolute Gasteiger partial charge is 0.273 e. The van der Waals surface area contributed by atoms with Crippen LogP contribution in [0, 0.1) is 13.8 Å². The zero-order valence-electron chi connectivity index (χ0n) is 35.7. The standard InChI is InChI=1S/C45H45N9O8S2/c1-28-15-22-39(61-5)38(25-28)48-45(56)42(41(55)31-11-8-7-9-12-31)62-35-17-19-36(20-18-35)64(59,60)52-33-14-10-13-32(27-33)43-49-44-40(30(3)50-54(44)51-43)47-37-21-16-34(26-29(37)2)53(4)24-23-46-63(6,57)58/h7-22,25-27,42,46,52H,23-24H2,1-6H3,(H,48,56). The van der Waals surface area contributed by atoms with Gasteiger partial charge in [-0.1, -0.05) is 48.5 Å². The Morgan fingerprint density at radius 2 is 1.62 bits per heavy atom. The van der Waals surface area contributed by atoms with Crippen LogP contribution in [0.25, 0.3) is 11.4 Å². The van der Waals surface area contributed by atoms with Crippen molar-refractivity contribution >= 4 is 65.9 Å². The summed E-state index contributed by atoms with van der Waals surface area (Å²) in [5.74, 6) is -0.168. The molecule has 0 fully saturated rings. The molecule has 19 heteroatoms. The van der Waals surface area contributed by atoms with Gasteiger partial charge in [0, 0.05) is 42.6 Å². The van der Waals surface area contributed by atoms with Gasteiger partial charge in [0.2, 0.25) is 27.7 Å². The SMILES string of the molecule is COc1ccc(C)cc1NC(=O)C(Oc1ccc(S(=O)(=O)Nc2cccc(-c3nc4n(n3)N=C(C)C4=Nc3ccc(N(C)CCNS(C)(=O)=O)cc3C)c2)cc1)C(=O)c1ccccc1. The summed E-state index contributed by atoms with van der Waals surface area (Å²) < 4.78 is 66.6. The number of likely N-dealkylation sites (N-methyl/N-ethyl adjacent to an activating group) is 1. The van der Waals surface area contributed by atoms with Crippen LogP contribution >= 0.6 is 0 Å². The number of aliphatic imine (C=N–C) groups is 1. The Kier molecular flexibility index (Phi) is 13.1. The molecule has 1 aliphatic heterocycles. The van der Waals surface area contributed by atoms with Crippen molar-refractivity contribution in [2.75, 3.05) is 48.4 Å². The highest BCUT2D eigenvalue weighted by Crippen LogP contribution is 2.30. The molecule has 0 bridgehead atoms. The number of carbonyl (C=O) groups excluding carboxylic acids is 2. The molecule has 7 rings (SSSR count). The number of nitrogens with one attached hydrogen (secondary N) is 3. The molecule has 0 spiro atoms. The highest BCUT2D eigenvalue weighted by atomic mass is 32.2. The zero-order chi connectivity index (χ0) is 45.8. The summed E-state index contributed by atoms with van der Waals surface area (Å²) in [7, 11) is -4.09. The van der Waals surface area contributed by atoms with E-state index in [0.717, 1.165) is 23.1 Å². The first-order valence-corrected chi connectivity index (χ1v) is 23.2. The second kappa shape index (κ2) is 18.6. The Morgan fingerprint density at radius 3 is 2.33 bits per heavy atom. The largest absolute Gasteiger partial charge is 0.495 e. The molecule has 6 aromatic rings. The average Bonchev–Trinajstić information content (AvgIpc) is 3.80. The van der Waals surface area contributed by atoms with E-state index in [-0.39, 0.29) is 28.4 Å². The molecule has 0 saturated heterocycles. The molecule has 1 unspecified atom stereocenters. The molecule has 64 heavy (non-hydrogen) atoms.